The van der Waals surface area contributed by atoms with Gasteiger partial charge >= 0.3 is 11.9 Å². The molecular formula is C25H46O4. The lowest BCUT2D eigenvalue weighted by Gasteiger charge is -2.52. The van der Waals surface area contributed by atoms with Crippen molar-refractivity contribution in [3.8, 4) is 0 Å². The molecule has 0 bridgehead atoms. The predicted octanol–water partition coefficient (Wildman–Crippen LogP) is 7.02. The molecule has 2 N–H and O–H groups in total. The number of carboxylic acid groups (broad SMARTS) is 2. The second kappa shape index (κ2) is 9.39. The summed E-state index contributed by atoms with van der Waals surface area (Å²) in [5.41, 5.74) is -3.12. The summed E-state index contributed by atoms with van der Waals surface area (Å²) in [7, 11) is 0. The van der Waals surface area contributed by atoms with Gasteiger partial charge in [-0.3, -0.25) is 9.59 Å². The lowest BCUT2D eigenvalue weighted by Crippen LogP contribution is -2.57. The summed E-state index contributed by atoms with van der Waals surface area (Å²) in [5.74, 6) is -1.42. The van der Waals surface area contributed by atoms with E-state index in [2.05, 4.69) is 0 Å². The Bertz CT molecular complexity index is 542. The van der Waals surface area contributed by atoms with Crippen LogP contribution in [0.2, 0.25) is 0 Å². The normalized spacial score (nSPS) is 19.2. The molecule has 0 radical (unpaired) electrons. The maximum Gasteiger partial charge on any atom is 0.310 e. The van der Waals surface area contributed by atoms with Crippen molar-refractivity contribution in [2.24, 2.45) is 33.5 Å². The van der Waals surface area contributed by atoms with Gasteiger partial charge in [0.15, 0.2) is 0 Å². The molecular weight excluding hydrogens is 364 g/mol. The Labute approximate surface area is 178 Å². The van der Waals surface area contributed by atoms with Crippen LogP contribution >= 0.6 is 0 Å². The van der Waals surface area contributed by atoms with E-state index in [0.717, 1.165) is 25.7 Å². The molecule has 0 saturated heterocycles. The van der Waals surface area contributed by atoms with E-state index < -0.39 is 22.8 Å². The Kier molecular flexibility index (Phi) is 8.41. The third kappa shape index (κ3) is 6.72. The van der Waals surface area contributed by atoms with Gasteiger partial charge in [-0.2, -0.15) is 0 Å². The largest absolute Gasteiger partial charge is 0.481 e. The minimum absolute atomic E-state index is 0.119. The summed E-state index contributed by atoms with van der Waals surface area (Å²) in [6.45, 7) is 16.3. The van der Waals surface area contributed by atoms with Gasteiger partial charge in [-0.15, -0.1) is 0 Å². The first-order valence-corrected chi connectivity index (χ1v) is 11.5. The number of carbonyl (C=O) groups is 2. The van der Waals surface area contributed by atoms with E-state index in [1.54, 1.807) is 0 Å². The fraction of sp³-hybridized carbons (Fsp3) is 0.920. The lowest BCUT2D eigenvalue weighted by atomic mass is 9.49. The standard InChI is InChI=1S/C25H46O4/c1-18(2)14-24(20(26)27,15-19-12-10-9-11-13-19)25(21(28)29,16-22(3,4)5)17-23(6,7)8/h18-19H,9-17H2,1-8H3,(H,26,27)(H,28,29). The van der Waals surface area contributed by atoms with Crippen LogP contribution in [0.15, 0.2) is 0 Å². The maximum atomic E-state index is 13.1. The Hall–Kier alpha value is -1.06. The average molecular weight is 411 g/mol. The first-order chi connectivity index (χ1) is 13.0. The minimum atomic E-state index is -1.29. The number of aliphatic carboxylic acids is 2. The van der Waals surface area contributed by atoms with Gasteiger partial charge in [-0.1, -0.05) is 87.5 Å². The molecule has 1 aliphatic carbocycles. The van der Waals surface area contributed by atoms with Crippen molar-refractivity contribution in [3.63, 3.8) is 0 Å². The summed E-state index contributed by atoms with van der Waals surface area (Å²) in [6.07, 6.45) is 7.14. The summed E-state index contributed by atoms with van der Waals surface area (Å²) in [6, 6.07) is 0. The number of hydrogen-bond acceptors (Lipinski definition) is 2. The molecule has 1 saturated carbocycles. The number of rotatable bonds is 9. The molecule has 0 amide bonds. The SMILES string of the molecule is CC(C)CC(CC1CCCCC1)(C(=O)O)C(CC(C)(C)C)(CC(C)(C)C)C(=O)O. The molecule has 0 aromatic heterocycles. The van der Waals surface area contributed by atoms with E-state index in [-0.39, 0.29) is 16.7 Å². The molecule has 0 aliphatic heterocycles. The Balaban J connectivity index is 3.73. The van der Waals surface area contributed by atoms with Crippen molar-refractivity contribution >= 4 is 11.9 Å². The van der Waals surface area contributed by atoms with Gasteiger partial charge in [0.1, 0.15) is 0 Å². The average Bonchev–Trinajstić information content (AvgIpc) is 2.50. The van der Waals surface area contributed by atoms with E-state index in [9.17, 15) is 19.8 Å². The Morgan fingerprint density at radius 3 is 1.52 bits per heavy atom. The summed E-state index contributed by atoms with van der Waals surface area (Å²) >= 11 is 0. The summed E-state index contributed by atoms with van der Waals surface area (Å²) < 4.78 is 0. The molecule has 0 heterocycles. The molecule has 0 aromatic carbocycles. The first-order valence-electron chi connectivity index (χ1n) is 11.5. The van der Waals surface area contributed by atoms with E-state index in [0.29, 0.717) is 31.6 Å². The summed E-state index contributed by atoms with van der Waals surface area (Å²) in [4.78, 5) is 26.2. The van der Waals surface area contributed by atoms with Crippen molar-refractivity contribution in [3.05, 3.63) is 0 Å². The first kappa shape index (κ1) is 26.0. The smallest absolute Gasteiger partial charge is 0.310 e. The highest BCUT2D eigenvalue weighted by Gasteiger charge is 2.63. The van der Waals surface area contributed by atoms with Gasteiger partial charge in [0.05, 0.1) is 10.8 Å². The third-order valence-corrected chi connectivity index (χ3v) is 6.52. The van der Waals surface area contributed by atoms with E-state index in [4.69, 9.17) is 0 Å². The molecule has 4 nitrogen and oxygen atoms in total. The molecule has 0 aromatic rings. The number of hydrogen-bond donors (Lipinski definition) is 2. The molecule has 4 heteroatoms. The fourth-order valence-electron chi connectivity index (χ4n) is 6.00. The van der Waals surface area contributed by atoms with Crippen LogP contribution in [0.4, 0.5) is 0 Å². The monoisotopic (exact) mass is 410 g/mol. The molecule has 29 heavy (non-hydrogen) atoms. The van der Waals surface area contributed by atoms with Crippen molar-refractivity contribution in [1.82, 2.24) is 0 Å². The van der Waals surface area contributed by atoms with Crippen molar-refractivity contribution in [2.45, 2.75) is 113 Å². The Morgan fingerprint density at radius 2 is 1.21 bits per heavy atom. The highest BCUT2D eigenvalue weighted by atomic mass is 16.4. The van der Waals surface area contributed by atoms with Crippen LogP contribution in [0, 0.1) is 33.5 Å². The zero-order chi connectivity index (χ0) is 22.7. The number of carboxylic acids is 2. The van der Waals surface area contributed by atoms with Gasteiger partial charge in [0.2, 0.25) is 0 Å². The second-order valence-electron chi connectivity index (χ2n) is 12.6. The minimum Gasteiger partial charge on any atom is -0.481 e. The summed E-state index contributed by atoms with van der Waals surface area (Å²) in [5, 5.41) is 21.4. The molecule has 1 aliphatic rings. The molecule has 0 spiro atoms. The highest BCUT2D eigenvalue weighted by Crippen LogP contribution is 2.59. The van der Waals surface area contributed by atoms with Crippen LogP contribution in [0.3, 0.4) is 0 Å². The van der Waals surface area contributed by atoms with Crippen LogP contribution in [0.1, 0.15) is 113 Å². The van der Waals surface area contributed by atoms with Crippen LogP contribution in [0.25, 0.3) is 0 Å². The zero-order valence-electron chi connectivity index (χ0n) is 20.2. The van der Waals surface area contributed by atoms with Gasteiger partial charge in [0.25, 0.3) is 0 Å². The maximum absolute atomic E-state index is 13.1. The van der Waals surface area contributed by atoms with Crippen molar-refractivity contribution in [2.75, 3.05) is 0 Å². The fourth-order valence-corrected chi connectivity index (χ4v) is 6.00. The predicted molar refractivity (Wildman–Crippen MR) is 119 cm³/mol. The van der Waals surface area contributed by atoms with E-state index in [1.807, 2.05) is 55.4 Å². The van der Waals surface area contributed by atoms with Gasteiger partial charge in [-0.25, -0.2) is 0 Å². The second-order valence-corrected chi connectivity index (χ2v) is 12.6. The third-order valence-electron chi connectivity index (χ3n) is 6.52. The topological polar surface area (TPSA) is 74.6 Å². The Morgan fingerprint density at radius 1 is 0.793 bits per heavy atom. The van der Waals surface area contributed by atoms with Crippen LogP contribution < -0.4 is 0 Å². The van der Waals surface area contributed by atoms with Gasteiger partial charge < -0.3 is 10.2 Å². The van der Waals surface area contributed by atoms with Crippen LogP contribution in [0.5, 0.6) is 0 Å². The highest BCUT2D eigenvalue weighted by molar-refractivity contribution is 5.87. The van der Waals surface area contributed by atoms with Gasteiger partial charge in [0, 0.05) is 0 Å². The van der Waals surface area contributed by atoms with Crippen LogP contribution in [-0.4, -0.2) is 22.2 Å². The van der Waals surface area contributed by atoms with Crippen molar-refractivity contribution < 1.29 is 19.8 Å². The van der Waals surface area contributed by atoms with Crippen molar-refractivity contribution in [1.29, 1.82) is 0 Å². The molecule has 1 fully saturated rings. The van der Waals surface area contributed by atoms with Crippen LogP contribution in [-0.2, 0) is 9.59 Å². The zero-order valence-corrected chi connectivity index (χ0v) is 20.2. The molecule has 1 unspecified atom stereocenters. The molecule has 1 rings (SSSR count). The molecule has 170 valence electrons. The molecule has 1 atom stereocenters. The lowest BCUT2D eigenvalue weighted by molar-refractivity contribution is -0.187. The van der Waals surface area contributed by atoms with E-state index in [1.165, 1.54) is 6.42 Å². The van der Waals surface area contributed by atoms with E-state index >= 15 is 0 Å². The quantitative estimate of drug-likeness (QED) is 0.428. The van der Waals surface area contributed by atoms with Gasteiger partial charge in [-0.05, 0) is 48.3 Å².